The summed E-state index contributed by atoms with van der Waals surface area (Å²) in [6, 6.07) is 0. The van der Waals surface area contributed by atoms with Crippen LogP contribution >= 0.6 is 0 Å². The Hall–Kier alpha value is -1.85. The van der Waals surface area contributed by atoms with E-state index < -0.39 is 6.10 Å². The molecule has 0 aliphatic rings. The van der Waals surface area contributed by atoms with Crippen molar-refractivity contribution in [1.82, 2.24) is 0 Å². The van der Waals surface area contributed by atoms with E-state index in [0.29, 0.717) is 19.3 Å². The summed E-state index contributed by atoms with van der Waals surface area (Å²) in [7, 11) is 0. The third kappa shape index (κ3) is 64.9. The number of ether oxygens (including phenoxy) is 3. The van der Waals surface area contributed by atoms with Crippen LogP contribution in [0.4, 0.5) is 0 Å². The van der Waals surface area contributed by atoms with Gasteiger partial charge in [0.2, 0.25) is 0 Å². The molecular formula is C71H136O6. The van der Waals surface area contributed by atoms with Gasteiger partial charge in [-0.25, -0.2) is 0 Å². The summed E-state index contributed by atoms with van der Waals surface area (Å²) in [5.74, 6) is -0.826. The summed E-state index contributed by atoms with van der Waals surface area (Å²) in [5.41, 5.74) is 0. The minimum atomic E-state index is -0.766. The molecule has 6 nitrogen and oxygen atoms in total. The number of esters is 3. The van der Waals surface area contributed by atoms with E-state index in [4.69, 9.17) is 14.2 Å². The molecule has 0 saturated heterocycles. The summed E-state index contributed by atoms with van der Waals surface area (Å²) in [5, 5.41) is 0. The molecule has 0 spiro atoms. The van der Waals surface area contributed by atoms with Gasteiger partial charge < -0.3 is 14.2 Å². The second-order valence-electron chi connectivity index (χ2n) is 24.2. The lowest BCUT2D eigenvalue weighted by molar-refractivity contribution is -0.167. The quantitative estimate of drug-likeness (QED) is 0.0261. The highest BCUT2D eigenvalue weighted by Crippen LogP contribution is 2.19. The monoisotopic (exact) mass is 1090 g/mol. The Morgan fingerprint density at radius 2 is 0.429 bits per heavy atom. The maximum absolute atomic E-state index is 13.0. The van der Waals surface area contributed by atoms with Crippen LogP contribution in [0.1, 0.15) is 406 Å². The predicted octanol–water partition coefficient (Wildman–Crippen LogP) is 24.0. The molecule has 0 amide bonds. The van der Waals surface area contributed by atoms with Gasteiger partial charge in [-0.3, -0.25) is 14.4 Å². The van der Waals surface area contributed by atoms with E-state index in [1.54, 1.807) is 0 Å². The summed E-state index contributed by atoms with van der Waals surface area (Å²) in [6.45, 7) is 6.74. The van der Waals surface area contributed by atoms with Crippen LogP contribution < -0.4 is 0 Å². The van der Waals surface area contributed by atoms with E-state index in [1.165, 1.54) is 308 Å². The van der Waals surface area contributed by atoms with E-state index in [9.17, 15) is 14.4 Å². The first-order valence-corrected chi connectivity index (χ1v) is 35.2. The highest BCUT2D eigenvalue weighted by molar-refractivity contribution is 5.71. The molecule has 0 saturated carbocycles. The minimum absolute atomic E-state index is 0.0627. The van der Waals surface area contributed by atoms with Crippen molar-refractivity contribution in [2.24, 2.45) is 0 Å². The first-order valence-electron chi connectivity index (χ1n) is 35.2. The molecular weight excluding hydrogens is 949 g/mol. The van der Waals surface area contributed by atoms with Crippen molar-refractivity contribution in [3.05, 3.63) is 12.2 Å². The fourth-order valence-electron chi connectivity index (χ4n) is 11.0. The summed E-state index contributed by atoms with van der Waals surface area (Å²) >= 11 is 0. The van der Waals surface area contributed by atoms with E-state index in [-0.39, 0.29) is 31.1 Å². The minimum Gasteiger partial charge on any atom is -0.462 e. The Kier molecular flexibility index (Phi) is 65.1. The van der Waals surface area contributed by atoms with E-state index in [1.807, 2.05) is 0 Å². The fraction of sp³-hybridized carbons (Fsp3) is 0.930. The normalized spacial score (nSPS) is 12.0. The average Bonchev–Trinajstić information content (AvgIpc) is 3.43. The van der Waals surface area contributed by atoms with Gasteiger partial charge in [-0.1, -0.05) is 354 Å². The van der Waals surface area contributed by atoms with Crippen LogP contribution in [0, 0.1) is 0 Å². The van der Waals surface area contributed by atoms with Crippen molar-refractivity contribution in [3.63, 3.8) is 0 Å². The van der Waals surface area contributed by atoms with Crippen molar-refractivity contribution in [3.8, 4) is 0 Å². The second-order valence-corrected chi connectivity index (χ2v) is 24.2. The molecule has 0 heterocycles. The smallest absolute Gasteiger partial charge is 0.306 e. The van der Waals surface area contributed by atoms with E-state index in [0.717, 1.165) is 57.8 Å². The fourth-order valence-corrected chi connectivity index (χ4v) is 11.0. The van der Waals surface area contributed by atoms with E-state index >= 15 is 0 Å². The van der Waals surface area contributed by atoms with Gasteiger partial charge in [0.15, 0.2) is 6.10 Å². The van der Waals surface area contributed by atoms with Crippen molar-refractivity contribution in [2.45, 2.75) is 412 Å². The molecule has 0 aromatic heterocycles. The maximum Gasteiger partial charge on any atom is 0.306 e. The van der Waals surface area contributed by atoms with Crippen LogP contribution in [0.25, 0.3) is 0 Å². The second kappa shape index (κ2) is 66.7. The molecule has 0 aliphatic carbocycles. The van der Waals surface area contributed by atoms with Gasteiger partial charge in [-0.05, 0) is 44.9 Å². The number of rotatable bonds is 66. The molecule has 0 N–H and O–H groups in total. The lowest BCUT2D eigenvalue weighted by Crippen LogP contribution is -2.30. The SMILES string of the molecule is CCCCCCCCCC/C=C\CCCCCCCCCCCCCC(=O)OCC(COC(=O)CCCCCCCCCCCCCCCCCC)OC(=O)CCCCCCCCCCCCCCCCCCCCCC. The van der Waals surface area contributed by atoms with E-state index in [2.05, 4.69) is 32.9 Å². The summed E-state index contributed by atoms with van der Waals surface area (Å²) < 4.78 is 17.0. The molecule has 0 aromatic rings. The Morgan fingerprint density at radius 1 is 0.247 bits per heavy atom. The Labute approximate surface area is 481 Å². The Morgan fingerprint density at radius 3 is 0.649 bits per heavy atom. The van der Waals surface area contributed by atoms with Crippen molar-refractivity contribution in [1.29, 1.82) is 0 Å². The molecule has 77 heavy (non-hydrogen) atoms. The molecule has 0 fully saturated rings. The Bertz CT molecular complexity index is 1200. The van der Waals surface area contributed by atoms with Gasteiger partial charge in [0, 0.05) is 19.3 Å². The Balaban J connectivity index is 4.27. The summed E-state index contributed by atoms with van der Waals surface area (Å²) in [6.07, 6.45) is 79.5. The predicted molar refractivity (Wildman–Crippen MR) is 335 cm³/mol. The topological polar surface area (TPSA) is 78.9 Å². The molecule has 1 unspecified atom stereocenters. The maximum atomic E-state index is 13.0. The largest absolute Gasteiger partial charge is 0.462 e. The van der Waals surface area contributed by atoms with Gasteiger partial charge in [-0.2, -0.15) is 0 Å². The van der Waals surface area contributed by atoms with Crippen LogP contribution in [-0.4, -0.2) is 37.2 Å². The van der Waals surface area contributed by atoms with Gasteiger partial charge >= 0.3 is 17.9 Å². The van der Waals surface area contributed by atoms with Crippen LogP contribution in [0.5, 0.6) is 0 Å². The van der Waals surface area contributed by atoms with Gasteiger partial charge in [0.05, 0.1) is 0 Å². The van der Waals surface area contributed by atoms with Gasteiger partial charge in [0.1, 0.15) is 13.2 Å². The zero-order valence-electron chi connectivity index (χ0n) is 52.5. The molecule has 0 aliphatic heterocycles. The number of carbonyl (C=O) groups excluding carboxylic acids is 3. The van der Waals surface area contributed by atoms with Crippen LogP contribution in [0.3, 0.4) is 0 Å². The number of unbranched alkanes of at least 4 members (excludes halogenated alkanes) is 53. The van der Waals surface area contributed by atoms with Gasteiger partial charge in [-0.15, -0.1) is 0 Å². The number of hydrogen-bond donors (Lipinski definition) is 0. The standard InChI is InChI=1S/C71H136O6/c1-4-7-10-13-16-19-22-25-28-31-33-35-36-37-39-40-43-46-49-52-55-58-61-64-70(73)76-67-68(66-75-69(72)63-60-57-54-51-48-45-42-30-27-24-21-18-15-12-9-6-3)77-71(74)65-62-59-56-53-50-47-44-41-38-34-32-29-26-23-20-17-14-11-8-5-2/h31,33,68H,4-30,32,34-67H2,1-3H3/b33-31-. The van der Waals surface area contributed by atoms with Crippen LogP contribution in [0.15, 0.2) is 12.2 Å². The number of hydrogen-bond acceptors (Lipinski definition) is 6. The first kappa shape index (κ1) is 75.2. The van der Waals surface area contributed by atoms with Crippen LogP contribution in [0.2, 0.25) is 0 Å². The molecule has 0 rings (SSSR count). The molecule has 6 heteroatoms. The first-order chi connectivity index (χ1) is 38.0. The van der Waals surface area contributed by atoms with Crippen LogP contribution in [-0.2, 0) is 28.6 Å². The van der Waals surface area contributed by atoms with Crippen molar-refractivity contribution < 1.29 is 28.6 Å². The third-order valence-corrected chi connectivity index (χ3v) is 16.3. The highest BCUT2D eigenvalue weighted by Gasteiger charge is 2.19. The number of carbonyl (C=O) groups is 3. The molecule has 0 radical (unpaired) electrons. The molecule has 0 bridgehead atoms. The molecule has 1 atom stereocenters. The zero-order valence-corrected chi connectivity index (χ0v) is 52.5. The molecule has 0 aromatic carbocycles. The van der Waals surface area contributed by atoms with Crippen molar-refractivity contribution >= 4 is 17.9 Å². The zero-order chi connectivity index (χ0) is 55.7. The lowest BCUT2D eigenvalue weighted by Gasteiger charge is -2.18. The number of allylic oxidation sites excluding steroid dienone is 2. The highest BCUT2D eigenvalue weighted by atomic mass is 16.6. The lowest BCUT2D eigenvalue weighted by atomic mass is 10.0. The third-order valence-electron chi connectivity index (χ3n) is 16.3. The van der Waals surface area contributed by atoms with Crippen molar-refractivity contribution in [2.75, 3.05) is 13.2 Å². The molecule has 456 valence electrons. The summed E-state index contributed by atoms with van der Waals surface area (Å²) in [4.78, 5) is 38.4. The average molecular weight is 1090 g/mol. The van der Waals surface area contributed by atoms with Gasteiger partial charge in [0.25, 0.3) is 0 Å².